The Hall–Kier alpha value is -3.08. The predicted molar refractivity (Wildman–Crippen MR) is 120 cm³/mol. The van der Waals surface area contributed by atoms with Gasteiger partial charge in [-0.15, -0.1) is 0 Å². The van der Waals surface area contributed by atoms with Crippen LogP contribution >= 0.6 is 11.6 Å². The summed E-state index contributed by atoms with van der Waals surface area (Å²) in [5.41, 5.74) is 1.72. The van der Waals surface area contributed by atoms with Gasteiger partial charge in [-0.3, -0.25) is 4.79 Å². The number of halogens is 1. The van der Waals surface area contributed by atoms with Gasteiger partial charge in [0, 0.05) is 11.6 Å². The van der Waals surface area contributed by atoms with Crippen molar-refractivity contribution in [3.05, 3.63) is 70.7 Å². The molecular formula is C24H26ClN3O4. The number of nitrogens with one attached hydrogen (secondary N) is 2. The standard InChI is InChI=1S/C24H26ClN3O4/c25-21-9-5-4-8-19(21)15-31-16-20(13-26)28-23(29)22(12-17-10-11-17)32-24(30)27-14-18-6-2-1-3-7-18/h1-9,17,20,22H,10-12,14-16H2,(H,27,30)(H,28,29)/t20-,22+/m1/s1. The molecule has 0 saturated heterocycles. The summed E-state index contributed by atoms with van der Waals surface area (Å²) in [5, 5.41) is 15.3. The van der Waals surface area contributed by atoms with Crippen LogP contribution in [0, 0.1) is 17.2 Å². The van der Waals surface area contributed by atoms with E-state index in [1.807, 2.05) is 54.6 Å². The SMILES string of the molecule is N#C[C@H](COCc1ccccc1Cl)NC(=O)[C@H](CC1CC1)OC(=O)NCc1ccccc1. The molecule has 2 aromatic rings. The molecule has 3 rings (SSSR count). The van der Waals surface area contributed by atoms with Gasteiger partial charge in [0.25, 0.3) is 5.91 Å². The zero-order chi connectivity index (χ0) is 22.8. The van der Waals surface area contributed by atoms with E-state index in [0.29, 0.717) is 23.9 Å². The van der Waals surface area contributed by atoms with Crippen LogP contribution in [0.5, 0.6) is 0 Å². The Kier molecular flexibility index (Phi) is 8.90. The minimum atomic E-state index is -0.960. The molecule has 2 N–H and O–H groups in total. The van der Waals surface area contributed by atoms with Gasteiger partial charge >= 0.3 is 6.09 Å². The van der Waals surface area contributed by atoms with Gasteiger partial charge in [0.1, 0.15) is 6.04 Å². The van der Waals surface area contributed by atoms with E-state index in [4.69, 9.17) is 21.1 Å². The first-order valence-electron chi connectivity index (χ1n) is 10.5. The van der Waals surface area contributed by atoms with Crippen molar-refractivity contribution in [3.63, 3.8) is 0 Å². The van der Waals surface area contributed by atoms with Crippen LogP contribution in [0.15, 0.2) is 54.6 Å². The quantitative estimate of drug-likeness (QED) is 0.534. The van der Waals surface area contributed by atoms with E-state index in [-0.39, 0.29) is 13.2 Å². The third-order valence-electron chi connectivity index (χ3n) is 5.04. The molecule has 1 aliphatic rings. The number of rotatable bonds is 11. The first-order chi connectivity index (χ1) is 15.5. The van der Waals surface area contributed by atoms with Crippen LogP contribution < -0.4 is 10.6 Å². The monoisotopic (exact) mass is 455 g/mol. The maximum absolute atomic E-state index is 12.7. The van der Waals surface area contributed by atoms with Gasteiger partial charge in [0.2, 0.25) is 0 Å². The fourth-order valence-electron chi connectivity index (χ4n) is 3.08. The molecule has 0 aromatic heterocycles. The average Bonchev–Trinajstić information content (AvgIpc) is 3.62. The highest BCUT2D eigenvalue weighted by atomic mass is 35.5. The molecule has 1 aliphatic carbocycles. The fourth-order valence-corrected chi connectivity index (χ4v) is 3.27. The normalized spacial score (nSPS) is 14.6. The van der Waals surface area contributed by atoms with E-state index < -0.39 is 24.1 Å². The molecule has 2 aromatic carbocycles. The lowest BCUT2D eigenvalue weighted by atomic mass is 10.1. The second kappa shape index (κ2) is 12.1. The third-order valence-corrected chi connectivity index (χ3v) is 5.41. The predicted octanol–water partition coefficient (Wildman–Crippen LogP) is 3.96. The molecule has 7 nitrogen and oxygen atoms in total. The van der Waals surface area contributed by atoms with Gasteiger partial charge in [-0.05, 0) is 29.5 Å². The maximum atomic E-state index is 12.7. The highest BCUT2D eigenvalue weighted by Gasteiger charge is 2.33. The Morgan fingerprint density at radius 2 is 1.84 bits per heavy atom. The van der Waals surface area contributed by atoms with Crippen molar-refractivity contribution in [1.82, 2.24) is 10.6 Å². The minimum Gasteiger partial charge on any atom is -0.436 e. The molecule has 1 fully saturated rings. The van der Waals surface area contributed by atoms with Crippen molar-refractivity contribution >= 4 is 23.6 Å². The van der Waals surface area contributed by atoms with Crippen LogP contribution in [-0.2, 0) is 27.4 Å². The summed E-state index contributed by atoms with van der Waals surface area (Å²) in [4.78, 5) is 25.0. The Morgan fingerprint density at radius 3 is 2.53 bits per heavy atom. The Labute approximate surface area is 192 Å². The van der Waals surface area contributed by atoms with Gasteiger partial charge < -0.3 is 20.1 Å². The molecule has 0 radical (unpaired) electrons. The van der Waals surface area contributed by atoms with Gasteiger partial charge in [-0.2, -0.15) is 5.26 Å². The molecule has 1 saturated carbocycles. The topological polar surface area (TPSA) is 100 Å². The number of benzene rings is 2. The van der Waals surface area contributed by atoms with Gasteiger partial charge in [0.05, 0.1) is 19.3 Å². The molecule has 32 heavy (non-hydrogen) atoms. The number of nitriles is 1. The summed E-state index contributed by atoms with van der Waals surface area (Å²) in [5.74, 6) is -0.149. The number of amides is 2. The summed E-state index contributed by atoms with van der Waals surface area (Å²) < 4.78 is 10.9. The van der Waals surface area contributed by atoms with E-state index in [1.165, 1.54) is 0 Å². The molecule has 2 atom stereocenters. The van der Waals surface area contributed by atoms with Gasteiger partial charge in [-0.1, -0.05) is 73.0 Å². The van der Waals surface area contributed by atoms with Crippen LogP contribution in [0.25, 0.3) is 0 Å². The van der Waals surface area contributed by atoms with Crippen molar-refractivity contribution in [1.29, 1.82) is 5.26 Å². The van der Waals surface area contributed by atoms with Gasteiger partial charge in [-0.25, -0.2) is 4.79 Å². The molecular weight excluding hydrogens is 430 g/mol. The van der Waals surface area contributed by atoms with Crippen LogP contribution in [0.3, 0.4) is 0 Å². The number of carbonyl (C=O) groups excluding carboxylic acids is 2. The largest absolute Gasteiger partial charge is 0.436 e. The van der Waals surface area contributed by atoms with Gasteiger partial charge in [0.15, 0.2) is 6.10 Å². The summed E-state index contributed by atoms with van der Waals surface area (Å²) in [7, 11) is 0. The lowest BCUT2D eigenvalue weighted by molar-refractivity contribution is -0.130. The summed E-state index contributed by atoms with van der Waals surface area (Å²) in [6.45, 7) is 0.510. The lowest BCUT2D eigenvalue weighted by Crippen LogP contribution is -2.45. The Balaban J connectivity index is 1.48. The second-order valence-corrected chi connectivity index (χ2v) is 8.12. The number of hydrogen-bond donors (Lipinski definition) is 2. The lowest BCUT2D eigenvalue weighted by Gasteiger charge is -2.20. The highest BCUT2D eigenvalue weighted by molar-refractivity contribution is 6.31. The zero-order valence-electron chi connectivity index (χ0n) is 17.6. The molecule has 0 heterocycles. The zero-order valence-corrected chi connectivity index (χ0v) is 18.4. The molecule has 0 unspecified atom stereocenters. The highest BCUT2D eigenvalue weighted by Crippen LogP contribution is 2.34. The summed E-state index contributed by atoms with van der Waals surface area (Å²) >= 11 is 6.10. The van der Waals surface area contributed by atoms with Crippen molar-refractivity contribution in [2.24, 2.45) is 5.92 Å². The number of nitrogens with zero attached hydrogens (tertiary/aromatic N) is 1. The van der Waals surface area contributed by atoms with Crippen LogP contribution in [-0.4, -0.2) is 30.8 Å². The maximum Gasteiger partial charge on any atom is 0.408 e. The van der Waals surface area contributed by atoms with Crippen molar-refractivity contribution in [2.75, 3.05) is 6.61 Å². The van der Waals surface area contributed by atoms with E-state index >= 15 is 0 Å². The van der Waals surface area contributed by atoms with Crippen molar-refractivity contribution in [3.8, 4) is 6.07 Å². The molecule has 8 heteroatoms. The first kappa shape index (κ1) is 23.6. The Bertz CT molecular complexity index is 944. The molecule has 0 bridgehead atoms. The van der Waals surface area contributed by atoms with E-state index in [0.717, 1.165) is 24.0 Å². The van der Waals surface area contributed by atoms with E-state index in [9.17, 15) is 14.9 Å². The number of carbonyl (C=O) groups is 2. The van der Waals surface area contributed by atoms with Crippen LogP contribution in [0.1, 0.15) is 30.4 Å². The summed E-state index contributed by atoms with van der Waals surface area (Å²) in [6, 6.07) is 17.8. The smallest absolute Gasteiger partial charge is 0.408 e. The van der Waals surface area contributed by atoms with Crippen LogP contribution in [0.2, 0.25) is 5.02 Å². The number of alkyl carbamates (subject to hydrolysis) is 1. The number of ether oxygens (including phenoxy) is 2. The summed E-state index contributed by atoms with van der Waals surface area (Å²) in [6.07, 6.45) is 0.808. The molecule has 0 spiro atoms. The fraction of sp³-hybridized carbons (Fsp3) is 0.375. The van der Waals surface area contributed by atoms with E-state index in [1.54, 1.807) is 6.07 Å². The number of hydrogen-bond acceptors (Lipinski definition) is 5. The van der Waals surface area contributed by atoms with E-state index in [2.05, 4.69) is 10.6 Å². The van der Waals surface area contributed by atoms with Crippen molar-refractivity contribution in [2.45, 2.75) is 44.6 Å². The minimum absolute atomic E-state index is 0.0101. The molecule has 0 aliphatic heterocycles. The molecule has 168 valence electrons. The van der Waals surface area contributed by atoms with Crippen molar-refractivity contribution < 1.29 is 19.1 Å². The van der Waals surface area contributed by atoms with Crippen LogP contribution in [0.4, 0.5) is 4.79 Å². The second-order valence-electron chi connectivity index (χ2n) is 7.71. The molecule has 2 amide bonds. The average molecular weight is 456 g/mol. The third kappa shape index (κ3) is 7.88. The Morgan fingerprint density at radius 1 is 1.12 bits per heavy atom. The first-order valence-corrected chi connectivity index (χ1v) is 10.9.